The first-order valence-electron chi connectivity index (χ1n) is 6.45. The normalized spacial score (nSPS) is 13.6. The Hall–Kier alpha value is -1.03. The highest BCUT2D eigenvalue weighted by Crippen LogP contribution is 2.15. The van der Waals surface area contributed by atoms with Gasteiger partial charge in [-0.1, -0.05) is 32.3 Å². The number of hydrogen-bond acceptors (Lipinski definition) is 5. The summed E-state index contributed by atoms with van der Waals surface area (Å²) in [5, 5.41) is 0. The number of hydrogen-bond donors (Lipinski definition) is 1. The van der Waals surface area contributed by atoms with Gasteiger partial charge in [0.25, 0.3) is 0 Å². The molecule has 1 aromatic heterocycles. The molecule has 5 nitrogen and oxygen atoms in total. The summed E-state index contributed by atoms with van der Waals surface area (Å²) in [6.07, 6.45) is 9.36. The van der Waals surface area contributed by atoms with Crippen LogP contribution in [0, 0.1) is 0 Å². The van der Waals surface area contributed by atoms with Gasteiger partial charge < -0.3 is 14.3 Å². The Morgan fingerprint density at radius 1 is 1.47 bits per heavy atom. The molecule has 1 saturated carbocycles. The van der Waals surface area contributed by atoms with Crippen molar-refractivity contribution in [1.29, 1.82) is 0 Å². The molecule has 1 N–H and O–H groups in total. The van der Waals surface area contributed by atoms with Crippen LogP contribution in [-0.2, 0) is 4.52 Å². The van der Waals surface area contributed by atoms with Crippen molar-refractivity contribution < 1.29 is 9.42 Å². The lowest BCUT2D eigenvalue weighted by atomic mass is 10.0. The van der Waals surface area contributed by atoms with Crippen molar-refractivity contribution in [3.8, 4) is 0 Å². The molecular weight excluding hydrogens is 261 g/mol. The number of aromatic nitrogens is 2. The van der Waals surface area contributed by atoms with Crippen LogP contribution >= 0.6 is 9.03 Å². The summed E-state index contributed by atoms with van der Waals surface area (Å²) >= 11 is 0. The van der Waals surface area contributed by atoms with Crippen LogP contribution in [0.25, 0.3) is 6.08 Å². The molecule has 1 aromatic rings. The molecule has 1 atom stereocenters. The van der Waals surface area contributed by atoms with E-state index < -0.39 is 9.03 Å². The van der Waals surface area contributed by atoms with E-state index in [9.17, 15) is 0 Å². The maximum atomic E-state index is 8.47. The minimum atomic E-state index is -0.471. The molecule has 6 heteroatoms. The van der Waals surface area contributed by atoms with E-state index in [1.807, 2.05) is 11.9 Å². The maximum Gasteiger partial charge on any atom is 0.225 e. The van der Waals surface area contributed by atoms with Gasteiger partial charge in [0.05, 0.1) is 12.3 Å². The van der Waals surface area contributed by atoms with Gasteiger partial charge in [-0.3, -0.25) is 0 Å². The van der Waals surface area contributed by atoms with Gasteiger partial charge in [-0.05, 0) is 12.1 Å². The molecular formula is C13H22N3O2P. The summed E-state index contributed by atoms with van der Waals surface area (Å²) in [6.45, 7) is 4.73. The van der Waals surface area contributed by atoms with Gasteiger partial charge in [-0.25, -0.2) is 9.97 Å². The van der Waals surface area contributed by atoms with Crippen molar-refractivity contribution in [3.63, 3.8) is 0 Å². The summed E-state index contributed by atoms with van der Waals surface area (Å²) < 4.78 is 4.85. The summed E-state index contributed by atoms with van der Waals surface area (Å²) in [5.74, 6) is 0.622. The molecule has 1 unspecified atom stereocenters. The van der Waals surface area contributed by atoms with E-state index >= 15 is 0 Å². The van der Waals surface area contributed by atoms with Crippen LogP contribution < -0.4 is 4.90 Å². The minimum Gasteiger partial charge on any atom is -0.352 e. The number of rotatable bonds is 6. The van der Waals surface area contributed by atoms with E-state index in [0.717, 1.165) is 5.69 Å². The smallest absolute Gasteiger partial charge is 0.225 e. The highest BCUT2D eigenvalue weighted by atomic mass is 31.1. The standard InChI is InChI=1S/C9H14N3O2P.C4H8/c1-3-8-4-5-10-9(11-8)12(2)6-7-14-15-13;1-2-4-3-1/h3-5,13,15H,1,6-7H2,2H3;1-4H2. The Labute approximate surface area is 116 Å². The Morgan fingerprint density at radius 2 is 2.16 bits per heavy atom. The van der Waals surface area contributed by atoms with Crippen LogP contribution in [0.5, 0.6) is 0 Å². The van der Waals surface area contributed by atoms with Crippen molar-refractivity contribution >= 4 is 21.1 Å². The fourth-order valence-electron chi connectivity index (χ4n) is 1.24. The first-order valence-corrected chi connectivity index (χ1v) is 7.31. The predicted octanol–water partition coefficient (Wildman–Crippen LogP) is 2.63. The Morgan fingerprint density at radius 3 is 2.68 bits per heavy atom. The van der Waals surface area contributed by atoms with Crippen molar-refractivity contribution in [2.75, 3.05) is 25.1 Å². The molecule has 106 valence electrons. The zero-order valence-electron chi connectivity index (χ0n) is 11.4. The van der Waals surface area contributed by atoms with Gasteiger partial charge >= 0.3 is 0 Å². The zero-order valence-corrected chi connectivity index (χ0v) is 12.4. The minimum absolute atomic E-state index is 0.452. The highest BCUT2D eigenvalue weighted by Gasteiger charge is 2.03. The maximum absolute atomic E-state index is 8.47. The van der Waals surface area contributed by atoms with Gasteiger partial charge in [-0.15, -0.1) is 0 Å². The number of nitrogens with zero attached hydrogens (tertiary/aromatic N) is 3. The average molecular weight is 283 g/mol. The fraction of sp³-hybridized carbons (Fsp3) is 0.538. The molecule has 0 aliphatic heterocycles. The molecule has 19 heavy (non-hydrogen) atoms. The molecule has 1 aliphatic rings. The fourth-order valence-corrected chi connectivity index (χ4v) is 1.42. The van der Waals surface area contributed by atoms with Crippen LogP contribution in [0.1, 0.15) is 31.4 Å². The van der Waals surface area contributed by atoms with Gasteiger partial charge in [0.1, 0.15) is 0 Å². The molecule has 0 spiro atoms. The Bertz CT molecular complexity index is 369. The molecule has 0 saturated heterocycles. The van der Waals surface area contributed by atoms with Crippen LogP contribution in [0.3, 0.4) is 0 Å². The monoisotopic (exact) mass is 283 g/mol. The molecule has 1 fully saturated rings. The topological polar surface area (TPSA) is 58.5 Å². The first kappa shape index (κ1) is 16.0. The Kier molecular flexibility index (Phi) is 8.30. The quantitative estimate of drug-likeness (QED) is 0.642. The molecule has 0 aromatic carbocycles. The Balaban J connectivity index is 0.000000382. The molecule has 1 aliphatic carbocycles. The van der Waals surface area contributed by atoms with Crippen LogP contribution in [0.4, 0.5) is 5.95 Å². The van der Waals surface area contributed by atoms with Crippen molar-refractivity contribution in [3.05, 3.63) is 24.5 Å². The van der Waals surface area contributed by atoms with E-state index in [4.69, 9.17) is 9.42 Å². The second kappa shape index (κ2) is 9.84. The zero-order chi connectivity index (χ0) is 13.9. The van der Waals surface area contributed by atoms with E-state index in [1.165, 1.54) is 25.7 Å². The molecule has 0 radical (unpaired) electrons. The third-order valence-corrected chi connectivity index (χ3v) is 3.14. The third kappa shape index (κ3) is 6.62. The van der Waals surface area contributed by atoms with Gasteiger partial charge in [-0.2, -0.15) is 0 Å². The van der Waals surface area contributed by atoms with E-state index in [1.54, 1.807) is 18.3 Å². The van der Waals surface area contributed by atoms with Crippen LogP contribution in [0.15, 0.2) is 18.8 Å². The second-order valence-corrected chi connectivity index (χ2v) is 4.73. The van der Waals surface area contributed by atoms with Crippen molar-refractivity contribution in [2.24, 2.45) is 0 Å². The van der Waals surface area contributed by atoms with Crippen LogP contribution in [-0.4, -0.2) is 35.1 Å². The first-order chi connectivity index (χ1) is 9.27. The molecule has 1 heterocycles. The SMILES string of the molecule is C1CCC1.C=Cc1ccnc(N(C)CCOPO)n1. The van der Waals surface area contributed by atoms with E-state index in [-0.39, 0.29) is 0 Å². The van der Waals surface area contributed by atoms with E-state index in [0.29, 0.717) is 19.1 Å². The molecule has 2 rings (SSSR count). The van der Waals surface area contributed by atoms with E-state index in [2.05, 4.69) is 16.5 Å². The molecule has 0 amide bonds. The lowest BCUT2D eigenvalue weighted by Crippen LogP contribution is -2.23. The number of anilines is 1. The lowest BCUT2D eigenvalue weighted by molar-refractivity contribution is 0.333. The summed E-state index contributed by atoms with van der Waals surface area (Å²) in [4.78, 5) is 18.7. The summed E-state index contributed by atoms with van der Waals surface area (Å²) in [6, 6.07) is 1.79. The molecule has 0 bridgehead atoms. The van der Waals surface area contributed by atoms with Gasteiger partial charge in [0.15, 0.2) is 9.03 Å². The average Bonchev–Trinajstić information content (AvgIpc) is 2.37. The van der Waals surface area contributed by atoms with Crippen molar-refractivity contribution in [2.45, 2.75) is 25.7 Å². The van der Waals surface area contributed by atoms with Gasteiger partial charge in [0.2, 0.25) is 5.95 Å². The second-order valence-electron chi connectivity index (χ2n) is 4.26. The summed E-state index contributed by atoms with van der Waals surface area (Å²) in [7, 11) is 1.40. The largest absolute Gasteiger partial charge is 0.352 e. The predicted molar refractivity (Wildman–Crippen MR) is 80.3 cm³/mol. The van der Waals surface area contributed by atoms with Gasteiger partial charge in [0, 0.05) is 19.8 Å². The highest BCUT2D eigenvalue weighted by molar-refractivity contribution is 7.24. The third-order valence-electron chi connectivity index (χ3n) is 2.81. The number of likely N-dealkylation sites (N-methyl/N-ethyl adjacent to an activating group) is 1. The summed E-state index contributed by atoms with van der Waals surface area (Å²) in [5.41, 5.74) is 0.789. The van der Waals surface area contributed by atoms with Crippen molar-refractivity contribution in [1.82, 2.24) is 9.97 Å². The van der Waals surface area contributed by atoms with Crippen LogP contribution in [0.2, 0.25) is 0 Å². The lowest BCUT2D eigenvalue weighted by Gasteiger charge is -2.16.